The molecule has 5 nitrogen and oxygen atoms in total. The van der Waals surface area contributed by atoms with Crippen molar-refractivity contribution in [3.8, 4) is 5.75 Å². The van der Waals surface area contributed by atoms with Crippen LogP contribution in [0.15, 0.2) is 48.8 Å². The molecule has 1 aromatic carbocycles. The number of para-hydroxylation sites is 1. The molecule has 2 aromatic rings. The largest absolute Gasteiger partial charge is 0.492 e. The number of ether oxygens (including phenoxy) is 1. The van der Waals surface area contributed by atoms with Crippen molar-refractivity contribution < 1.29 is 9.53 Å². The molecule has 1 unspecified atom stereocenters. The number of carbonyl (C=O) groups excluding carboxylic acids is 1. The van der Waals surface area contributed by atoms with Gasteiger partial charge in [0.1, 0.15) is 5.75 Å². The second kappa shape index (κ2) is 8.62. The van der Waals surface area contributed by atoms with Gasteiger partial charge in [-0.05, 0) is 50.1 Å². The number of pyridine rings is 1. The van der Waals surface area contributed by atoms with Gasteiger partial charge >= 0.3 is 0 Å². The highest BCUT2D eigenvalue weighted by Gasteiger charge is 2.26. The van der Waals surface area contributed by atoms with E-state index in [0.717, 1.165) is 49.5 Å². The number of piperidine rings is 1. The third kappa shape index (κ3) is 5.03. The number of nitrogens with one attached hydrogen (secondary N) is 1. The van der Waals surface area contributed by atoms with Gasteiger partial charge in [0, 0.05) is 25.0 Å². The van der Waals surface area contributed by atoms with E-state index < -0.39 is 0 Å². The summed E-state index contributed by atoms with van der Waals surface area (Å²) in [6, 6.07) is 11.7. The van der Waals surface area contributed by atoms with Crippen LogP contribution in [0.5, 0.6) is 5.75 Å². The van der Waals surface area contributed by atoms with Crippen molar-refractivity contribution in [2.45, 2.75) is 26.3 Å². The summed E-state index contributed by atoms with van der Waals surface area (Å²) in [4.78, 5) is 19.1. The van der Waals surface area contributed by atoms with Crippen LogP contribution in [0.2, 0.25) is 0 Å². The Morgan fingerprint density at radius 2 is 2.16 bits per heavy atom. The first-order valence-electron chi connectivity index (χ1n) is 8.89. The Morgan fingerprint density at radius 3 is 2.96 bits per heavy atom. The van der Waals surface area contributed by atoms with Gasteiger partial charge in [0.25, 0.3) is 0 Å². The normalized spacial score (nSPS) is 17.9. The first-order chi connectivity index (χ1) is 12.2. The third-order valence-electron chi connectivity index (χ3n) is 4.40. The first-order valence-corrected chi connectivity index (χ1v) is 8.89. The zero-order valence-corrected chi connectivity index (χ0v) is 14.6. The fourth-order valence-electron chi connectivity index (χ4n) is 3.23. The minimum Gasteiger partial charge on any atom is -0.492 e. The van der Waals surface area contributed by atoms with Crippen LogP contribution >= 0.6 is 0 Å². The number of rotatable bonds is 6. The number of anilines is 1. The second-order valence-electron chi connectivity index (χ2n) is 6.39. The van der Waals surface area contributed by atoms with Gasteiger partial charge in [-0.1, -0.05) is 18.2 Å². The summed E-state index contributed by atoms with van der Waals surface area (Å²) < 4.78 is 5.52. The Kier molecular flexibility index (Phi) is 6.01. The van der Waals surface area contributed by atoms with Crippen molar-refractivity contribution in [3.63, 3.8) is 0 Å². The molecular weight excluding hydrogens is 314 g/mol. The molecule has 1 aliphatic heterocycles. The van der Waals surface area contributed by atoms with Crippen molar-refractivity contribution in [3.05, 3.63) is 54.4 Å². The number of nitrogens with zero attached hydrogens (tertiary/aromatic N) is 2. The number of hydrogen-bond acceptors (Lipinski definition) is 4. The van der Waals surface area contributed by atoms with E-state index in [0.29, 0.717) is 6.61 Å². The fourth-order valence-corrected chi connectivity index (χ4v) is 3.23. The molecule has 1 atom stereocenters. The predicted molar refractivity (Wildman–Crippen MR) is 98.5 cm³/mol. The van der Waals surface area contributed by atoms with Crippen LogP contribution < -0.4 is 10.1 Å². The summed E-state index contributed by atoms with van der Waals surface area (Å²) in [7, 11) is 0. The SMILES string of the molecule is CCOc1cncc(CN2CCCC(C(=O)Nc3ccccc3)C2)c1. The highest BCUT2D eigenvalue weighted by molar-refractivity contribution is 5.92. The highest BCUT2D eigenvalue weighted by atomic mass is 16.5. The van der Waals surface area contributed by atoms with Crippen LogP contribution in [0.4, 0.5) is 5.69 Å². The summed E-state index contributed by atoms with van der Waals surface area (Å²) in [6.45, 7) is 5.18. The summed E-state index contributed by atoms with van der Waals surface area (Å²) in [5.41, 5.74) is 1.98. The molecule has 0 bridgehead atoms. The Hall–Kier alpha value is -2.40. The van der Waals surface area contributed by atoms with Crippen LogP contribution in [0.3, 0.4) is 0 Å². The first kappa shape index (κ1) is 17.4. The molecule has 2 heterocycles. The molecule has 1 aliphatic rings. The molecule has 1 aromatic heterocycles. The summed E-state index contributed by atoms with van der Waals surface area (Å²) in [5, 5.41) is 3.02. The van der Waals surface area contributed by atoms with Gasteiger partial charge in [0.05, 0.1) is 18.7 Å². The maximum atomic E-state index is 12.5. The summed E-state index contributed by atoms with van der Waals surface area (Å²) in [6.07, 6.45) is 5.58. The van der Waals surface area contributed by atoms with Gasteiger partial charge in [-0.15, -0.1) is 0 Å². The fraction of sp³-hybridized carbons (Fsp3) is 0.400. The molecule has 3 rings (SSSR count). The van der Waals surface area contributed by atoms with E-state index in [1.807, 2.05) is 49.5 Å². The van der Waals surface area contributed by atoms with Crippen LogP contribution in [0.1, 0.15) is 25.3 Å². The van der Waals surface area contributed by atoms with Crippen LogP contribution in [-0.4, -0.2) is 35.5 Å². The summed E-state index contributed by atoms with van der Waals surface area (Å²) in [5.74, 6) is 0.935. The van der Waals surface area contributed by atoms with E-state index >= 15 is 0 Å². The van der Waals surface area contributed by atoms with E-state index in [1.165, 1.54) is 0 Å². The molecule has 0 radical (unpaired) electrons. The number of hydrogen-bond donors (Lipinski definition) is 1. The van der Waals surface area contributed by atoms with Crippen molar-refractivity contribution in [2.75, 3.05) is 25.0 Å². The lowest BCUT2D eigenvalue weighted by molar-refractivity contribution is -0.121. The topological polar surface area (TPSA) is 54.5 Å². The van der Waals surface area contributed by atoms with Crippen molar-refractivity contribution in [1.82, 2.24) is 9.88 Å². The molecule has 0 aliphatic carbocycles. The lowest BCUT2D eigenvalue weighted by atomic mass is 9.96. The minimum absolute atomic E-state index is 0.0250. The number of benzene rings is 1. The van der Waals surface area contributed by atoms with Gasteiger partial charge < -0.3 is 10.1 Å². The van der Waals surface area contributed by atoms with E-state index in [1.54, 1.807) is 6.20 Å². The maximum absolute atomic E-state index is 12.5. The molecule has 1 N–H and O–H groups in total. The molecule has 5 heteroatoms. The zero-order valence-electron chi connectivity index (χ0n) is 14.6. The van der Waals surface area contributed by atoms with Crippen LogP contribution in [-0.2, 0) is 11.3 Å². The lowest BCUT2D eigenvalue weighted by Crippen LogP contribution is -2.40. The van der Waals surface area contributed by atoms with Gasteiger partial charge in [0.15, 0.2) is 0 Å². The molecule has 132 valence electrons. The third-order valence-corrected chi connectivity index (χ3v) is 4.40. The zero-order chi connectivity index (χ0) is 17.5. The minimum atomic E-state index is 0.0250. The average Bonchev–Trinajstić information content (AvgIpc) is 2.63. The Labute approximate surface area is 149 Å². The quantitative estimate of drug-likeness (QED) is 0.877. The molecule has 1 fully saturated rings. The average molecular weight is 339 g/mol. The monoisotopic (exact) mass is 339 g/mol. The molecular formula is C20H25N3O2. The number of aromatic nitrogens is 1. The Balaban J connectivity index is 1.57. The van der Waals surface area contributed by atoms with Crippen LogP contribution in [0.25, 0.3) is 0 Å². The maximum Gasteiger partial charge on any atom is 0.228 e. The predicted octanol–water partition coefficient (Wildman–Crippen LogP) is 3.33. The standard InChI is InChI=1S/C20H25N3O2/c1-2-25-19-11-16(12-21-13-19)14-23-10-6-7-17(15-23)20(24)22-18-8-4-3-5-9-18/h3-5,8-9,11-13,17H,2,6-7,10,14-15H2,1H3,(H,22,24). The molecule has 0 spiro atoms. The smallest absolute Gasteiger partial charge is 0.228 e. The molecule has 1 amide bonds. The Bertz CT molecular complexity index is 690. The van der Waals surface area contributed by atoms with Crippen molar-refractivity contribution >= 4 is 11.6 Å². The van der Waals surface area contributed by atoms with Crippen molar-refractivity contribution in [1.29, 1.82) is 0 Å². The highest BCUT2D eigenvalue weighted by Crippen LogP contribution is 2.21. The van der Waals surface area contributed by atoms with Gasteiger partial charge in [-0.25, -0.2) is 0 Å². The van der Waals surface area contributed by atoms with E-state index in [9.17, 15) is 4.79 Å². The molecule has 25 heavy (non-hydrogen) atoms. The molecule has 0 saturated carbocycles. The second-order valence-corrected chi connectivity index (χ2v) is 6.39. The molecule has 1 saturated heterocycles. The Morgan fingerprint density at radius 1 is 1.32 bits per heavy atom. The number of amides is 1. The number of carbonyl (C=O) groups is 1. The lowest BCUT2D eigenvalue weighted by Gasteiger charge is -2.32. The van der Waals surface area contributed by atoms with E-state index in [-0.39, 0.29) is 11.8 Å². The number of likely N-dealkylation sites (tertiary alicyclic amines) is 1. The van der Waals surface area contributed by atoms with E-state index in [4.69, 9.17) is 4.74 Å². The van der Waals surface area contributed by atoms with Gasteiger partial charge in [0.2, 0.25) is 5.91 Å². The van der Waals surface area contributed by atoms with E-state index in [2.05, 4.69) is 15.2 Å². The van der Waals surface area contributed by atoms with Gasteiger partial charge in [-0.3, -0.25) is 14.7 Å². The van der Waals surface area contributed by atoms with Gasteiger partial charge in [-0.2, -0.15) is 0 Å². The van der Waals surface area contributed by atoms with Crippen LogP contribution in [0, 0.1) is 5.92 Å². The summed E-state index contributed by atoms with van der Waals surface area (Å²) >= 11 is 0. The van der Waals surface area contributed by atoms with Crippen molar-refractivity contribution in [2.24, 2.45) is 5.92 Å².